The molecule has 1 aliphatic heterocycles. The summed E-state index contributed by atoms with van der Waals surface area (Å²) in [5.74, 6) is 0.0421. The molecule has 2 aromatic rings. The number of amides is 1. The van der Waals surface area contributed by atoms with Crippen molar-refractivity contribution in [2.45, 2.75) is 39.8 Å². The molecule has 0 aromatic carbocycles. The van der Waals surface area contributed by atoms with Gasteiger partial charge in [-0.2, -0.15) is 13.2 Å². The number of pyridine rings is 2. The Labute approximate surface area is 172 Å². The number of carbonyl (C=O) groups is 1. The lowest BCUT2D eigenvalue weighted by molar-refractivity contribution is -0.137. The Balaban J connectivity index is 1.64. The minimum absolute atomic E-state index is 0.0419. The Morgan fingerprint density at radius 1 is 1.21 bits per heavy atom. The lowest BCUT2D eigenvalue weighted by atomic mass is 9.95. The maximum Gasteiger partial charge on any atom is 0.417 e. The highest BCUT2D eigenvalue weighted by atomic mass is 35.5. The third kappa shape index (κ3) is 4.80. The molecule has 5 nitrogen and oxygen atoms in total. The largest absolute Gasteiger partial charge is 0.417 e. The van der Waals surface area contributed by atoms with Crippen molar-refractivity contribution in [3.8, 4) is 0 Å². The van der Waals surface area contributed by atoms with E-state index in [9.17, 15) is 18.0 Å². The van der Waals surface area contributed by atoms with E-state index in [-0.39, 0.29) is 16.8 Å². The molecule has 0 bridgehead atoms. The van der Waals surface area contributed by atoms with Crippen LogP contribution in [0, 0.1) is 26.7 Å². The van der Waals surface area contributed by atoms with Gasteiger partial charge in [0.1, 0.15) is 5.82 Å². The Morgan fingerprint density at radius 2 is 1.86 bits per heavy atom. The predicted molar refractivity (Wildman–Crippen MR) is 106 cm³/mol. The van der Waals surface area contributed by atoms with Gasteiger partial charge in [0.15, 0.2) is 0 Å². The number of hydrogen-bond acceptors (Lipinski definition) is 4. The zero-order chi connectivity index (χ0) is 21.3. The predicted octanol–water partition coefficient (Wildman–Crippen LogP) is 4.93. The van der Waals surface area contributed by atoms with E-state index in [1.807, 2.05) is 31.7 Å². The molecule has 1 N–H and O–H groups in total. The number of nitrogens with one attached hydrogen (secondary N) is 1. The summed E-state index contributed by atoms with van der Waals surface area (Å²) >= 11 is 6.03. The maximum atomic E-state index is 12.8. The number of halogens is 4. The highest BCUT2D eigenvalue weighted by Gasteiger charge is 2.33. The first-order valence-electron chi connectivity index (χ1n) is 9.29. The van der Waals surface area contributed by atoms with E-state index in [1.165, 1.54) is 0 Å². The summed E-state index contributed by atoms with van der Waals surface area (Å²) in [4.78, 5) is 22.8. The quantitative estimate of drug-likeness (QED) is 0.756. The van der Waals surface area contributed by atoms with Crippen LogP contribution in [-0.2, 0) is 11.0 Å². The summed E-state index contributed by atoms with van der Waals surface area (Å²) in [7, 11) is 0. The van der Waals surface area contributed by atoms with Gasteiger partial charge in [-0.15, -0.1) is 0 Å². The summed E-state index contributed by atoms with van der Waals surface area (Å²) in [6.45, 7) is 6.66. The van der Waals surface area contributed by atoms with Gasteiger partial charge in [-0.05, 0) is 51.3 Å². The molecule has 156 valence electrons. The molecule has 1 fully saturated rings. The molecule has 3 rings (SSSR count). The molecular formula is C20H22ClF3N4O. The van der Waals surface area contributed by atoms with Crippen LogP contribution >= 0.6 is 11.6 Å². The molecule has 0 aliphatic carbocycles. The summed E-state index contributed by atoms with van der Waals surface area (Å²) in [6.07, 6.45) is -2.58. The summed E-state index contributed by atoms with van der Waals surface area (Å²) in [5, 5.41) is 2.94. The lowest BCUT2D eigenvalue weighted by Crippen LogP contribution is -2.39. The third-order valence-corrected chi connectivity index (χ3v) is 5.37. The number of nitrogens with zero attached hydrogens (tertiary/aromatic N) is 3. The molecular weight excluding hydrogens is 405 g/mol. The van der Waals surface area contributed by atoms with E-state index >= 15 is 0 Å². The second kappa shape index (κ2) is 8.18. The van der Waals surface area contributed by atoms with E-state index < -0.39 is 11.7 Å². The number of aromatic nitrogens is 2. The first-order chi connectivity index (χ1) is 13.6. The van der Waals surface area contributed by atoms with Gasteiger partial charge in [-0.1, -0.05) is 11.6 Å². The number of piperidine rings is 1. The number of hydrogen-bond donors (Lipinski definition) is 1. The van der Waals surface area contributed by atoms with Crippen LogP contribution in [0.5, 0.6) is 0 Å². The standard InChI is InChI=1S/C20H22ClF3N4O/c1-11-8-12(2)26-13(3)17(11)27-19(29)14-4-6-28(7-5-14)18-16(21)9-15(10-25-18)20(22,23)24/h8-10,14H,4-7H2,1-3H3,(H,27,29). The average Bonchev–Trinajstić information content (AvgIpc) is 2.64. The van der Waals surface area contributed by atoms with Crippen LogP contribution in [0.25, 0.3) is 0 Å². The van der Waals surface area contributed by atoms with Crippen molar-refractivity contribution in [1.29, 1.82) is 0 Å². The molecule has 0 saturated carbocycles. The first-order valence-corrected chi connectivity index (χ1v) is 9.67. The smallest absolute Gasteiger partial charge is 0.355 e. The molecule has 0 unspecified atom stereocenters. The van der Waals surface area contributed by atoms with Crippen LogP contribution in [0.1, 0.15) is 35.4 Å². The lowest BCUT2D eigenvalue weighted by Gasteiger charge is -2.32. The normalized spacial score (nSPS) is 15.5. The number of rotatable bonds is 3. The molecule has 0 spiro atoms. The van der Waals surface area contributed by atoms with E-state index in [0.717, 1.165) is 34.9 Å². The fraction of sp³-hybridized carbons (Fsp3) is 0.450. The molecule has 1 amide bonds. The fourth-order valence-corrected chi connectivity index (χ4v) is 3.90. The summed E-state index contributed by atoms with van der Waals surface area (Å²) < 4.78 is 38.3. The zero-order valence-electron chi connectivity index (χ0n) is 16.4. The number of alkyl halides is 3. The van der Waals surface area contributed by atoms with Crippen LogP contribution in [0.4, 0.5) is 24.7 Å². The van der Waals surface area contributed by atoms with Crippen LogP contribution in [0.3, 0.4) is 0 Å². The second-order valence-electron chi connectivity index (χ2n) is 7.32. The van der Waals surface area contributed by atoms with Crippen molar-refractivity contribution in [1.82, 2.24) is 9.97 Å². The van der Waals surface area contributed by atoms with Crippen molar-refractivity contribution in [2.24, 2.45) is 5.92 Å². The van der Waals surface area contributed by atoms with Gasteiger partial charge in [0.05, 0.1) is 22.0 Å². The molecule has 1 saturated heterocycles. The van der Waals surface area contributed by atoms with Crippen molar-refractivity contribution >= 4 is 29.0 Å². The van der Waals surface area contributed by atoms with Crippen molar-refractivity contribution in [3.63, 3.8) is 0 Å². The van der Waals surface area contributed by atoms with E-state index in [4.69, 9.17) is 11.6 Å². The van der Waals surface area contributed by atoms with Gasteiger partial charge in [0, 0.05) is 30.9 Å². The molecule has 2 aromatic heterocycles. The van der Waals surface area contributed by atoms with Crippen LogP contribution in [-0.4, -0.2) is 29.0 Å². The Hall–Kier alpha value is -2.35. The Bertz CT molecular complexity index is 901. The number of aryl methyl sites for hydroxylation is 3. The van der Waals surface area contributed by atoms with Gasteiger partial charge in [0.25, 0.3) is 0 Å². The molecule has 0 radical (unpaired) electrons. The highest BCUT2D eigenvalue weighted by Crippen LogP contribution is 2.35. The van der Waals surface area contributed by atoms with Gasteiger partial charge in [0.2, 0.25) is 5.91 Å². The van der Waals surface area contributed by atoms with Crippen molar-refractivity contribution in [3.05, 3.63) is 45.9 Å². The minimum Gasteiger partial charge on any atom is -0.355 e. The Kier molecular flexibility index (Phi) is 6.03. The van der Waals surface area contributed by atoms with Crippen molar-refractivity contribution in [2.75, 3.05) is 23.3 Å². The molecule has 0 atom stereocenters. The van der Waals surface area contributed by atoms with Gasteiger partial charge in [-0.25, -0.2) is 4.98 Å². The average molecular weight is 427 g/mol. The fourth-order valence-electron chi connectivity index (χ4n) is 3.61. The van der Waals surface area contributed by atoms with Crippen molar-refractivity contribution < 1.29 is 18.0 Å². The monoisotopic (exact) mass is 426 g/mol. The van der Waals surface area contributed by atoms with E-state index in [1.54, 1.807) is 0 Å². The van der Waals surface area contributed by atoms with Gasteiger partial charge in [-0.3, -0.25) is 9.78 Å². The minimum atomic E-state index is -4.48. The van der Waals surface area contributed by atoms with Gasteiger partial charge < -0.3 is 10.2 Å². The van der Waals surface area contributed by atoms with Crippen LogP contribution in [0.15, 0.2) is 18.3 Å². The molecule has 29 heavy (non-hydrogen) atoms. The van der Waals surface area contributed by atoms with Crippen LogP contribution in [0.2, 0.25) is 5.02 Å². The van der Waals surface area contributed by atoms with Gasteiger partial charge >= 0.3 is 6.18 Å². The second-order valence-corrected chi connectivity index (χ2v) is 7.73. The Morgan fingerprint density at radius 3 is 2.41 bits per heavy atom. The summed E-state index contributed by atoms with van der Waals surface area (Å²) in [5.41, 5.74) is 2.48. The van der Waals surface area contributed by atoms with E-state index in [2.05, 4.69) is 15.3 Å². The zero-order valence-corrected chi connectivity index (χ0v) is 17.2. The molecule has 1 aliphatic rings. The molecule has 3 heterocycles. The first kappa shape index (κ1) is 21.4. The highest BCUT2D eigenvalue weighted by molar-refractivity contribution is 6.33. The van der Waals surface area contributed by atoms with E-state index in [0.29, 0.717) is 31.7 Å². The molecule has 9 heteroatoms. The maximum absolute atomic E-state index is 12.8. The SMILES string of the molecule is Cc1cc(C)c(NC(=O)C2CCN(c3ncc(C(F)(F)F)cc3Cl)CC2)c(C)n1. The number of carbonyl (C=O) groups excluding carboxylic acids is 1. The third-order valence-electron chi connectivity index (χ3n) is 5.09. The topological polar surface area (TPSA) is 58.1 Å². The summed E-state index contributed by atoms with van der Waals surface area (Å²) in [6, 6.07) is 2.81. The number of anilines is 2. The van der Waals surface area contributed by atoms with Crippen LogP contribution < -0.4 is 10.2 Å².